The molecule has 0 atom stereocenters. The molecule has 0 unspecified atom stereocenters. The van der Waals surface area contributed by atoms with Gasteiger partial charge in [0.1, 0.15) is 22.3 Å². The van der Waals surface area contributed by atoms with Crippen molar-refractivity contribution in [3.05, 3.63) is 192 Å². The first-order chi connectivity index (χ1) is 28.8. The van der Waals surface area contributed by atoms with Gasteiger partial charge in [-0.2, -0.15) is 0 Å². The van der Waals surface area contributed by atoms with E-state index < -0.39 is 0 Å². The number of para-hydroxylation sites is 2. The van der Waals surface area contributed by atoms with E-state index in [2.05, 4.69) is 208 Å². The molecule has 11 rings (SSSR count). The van der Waals surface area contributed by atoms with Gasteiger partial charge < -0.3 is 18.6 Å². The van der Waals surface area contributed by atoms with Crippen molar-refractivity contribution in [3.63, 3.8) is 0 Å². The molecular weight excluding hydrogens is 721 g/mol. The van der Waals surface area contributed by atoms with Crippen LogP contribution >= 0.6 is 0 Å². The van der Waals surface area contributed by atoms with E-state index in [4.69, 9.17) is 8.83 Å². The zero-order chi connectivity index (χ0) is 39.9. The third kappa shape index (κ3) is 5.74. The van der Waals surface area contributed by atoms with Crippen molar-refractivity contribution in [2.75, 3.05) is 9.80 Å². The Labute approximate surface area is 343 Å². The fraction of sp³-hybridized carbons (Fsp3) is 0.0909. The monoisotopic (exact) mass is 762 g/mol. The second-order valence-corrected chi connectivity index (χ2v) is 16.1. The summed E-state index contributed by atoms with van der Waals surface area (Å²) in [7, 11) is 0. The fourth-order valence-corrected chi connectivity index (χ4v) is 8.97. The minimum atomic E-state index is 0.833. The lowest BCUT2D eigenvalue weighted by molar-refractivity contribution is 0.656. The first-order valence-corrected chi connectivity index (χ1v) is 20.3. The molecule has 0 aliphatic carbocycles. The lowest BCUT2D eigenvalue weighted by Gasteiger charge is -2.26. The van der Waals surface area contributed by atoms with Crippen LogP contribution in [0.1, 0.15) is 27.8 Å². The number of hydrogen-bond donors (Lipinski definition) is 0. The third-order valence-corrected chi connectivity index (χ3v) is 12.4. The van der Waals surface area contributed by atoms with E-state index in [1.54, 1.807) is 0 Å². The smallest absolute Gasteiger partial charge is 0.139 e. The zero-order valence-electron chi connectivity index (χ0n) is 33.8. The van der Waals surface area contributed by atoms with Crippen molar-refractivity contribution >= 4 is 99.5 Å². The van der Waals surface area contributed by atoms with E-state index in [1.165, 1.54) is 33.0 Å². The number of aryl methyl sites for hydroxylation is 5. The normalized spacial score (nSPS) is 11.8. The van der Waals surface area contributed by atoms with Gasteiger partial charge in [-0.15, -0.1) is 0 Å². The van der Waals surface area contributed by atoms with Crippen molar-refractivity contribution in [2.45, 2.75) is 34.6 Å². The number of nitrogens with zero attached hydrogens (tertiary/aromatic N) is 2. The van der Waals surface area contributed by atoms with Gasteiger partial charge in [0.15, 0.2) is 0 Å². The molecule has 0 radical (unpaired) electrons. The molecule has 0 spiro atoms. The summed E-state index contributed by atoms with van der Waals surface area (Å²) in [6.07, 6.45) is 0. The van der Waals surface area contributed by atoms with E-state index in [-0.39, 0.29) is 0 Å². The third-order valence-electron chi connectivity index (χ3n) is 12.4. The van der Waals surface area contributed by atoms with Crippen LogP contribution in [0.15, 0.2) is 173 Å². The van der Waals surface area contributed by atoms with Gasteiger partial charge in [-0.1, -0.05) is 60.7 Å². The maximum Gasteiger partial charge on any atom is 0.139 e. The quantitative estimate of drug-likeness (QED) is 0.169. The van der Waals surface area contributed by atoms with E-state index in [9.17, 15) is 0 Å². The van der Waals surface area contributed by atoms with Crippen LogP contribution in [0.25, 0.3) is 65.4 Å². The maximum atomic E-state index is 6.68. The highest BCUT2D eigenvalue weighted by Crippen LogP contribution is 2.44. The van der Waals surface area contributed by atoms with Crippen molar-refractivity contribution in [3.8, 4) is 0 Å². The molecule has 11 aromatic rings. The number of anilines is 6. The van der Waals surface area contributed by atoms with Crippen LogP contribution < -0.4 is 9.80 Å². The molecule has 59 heavy (non-hydrogen) atoms. The highest BCUT2D eigenvalue weighted by atomic mass is 16.3. The Morgan fingerprint density at radius 2 is 0.712 bits per heavy atom. The molecule has 0 N–H and O–H groups in total. The van der Waals surface area contributed by atoms with Gasteiger partial charge >= 0.3 is 0 Å². The molecule has 0 amide bonds. The number of benzene rings is 9. The van der Waals surface area contributed by atoms with Crippen LogP contribution in [0.5, 0.6) is 0 Å². The fourth-order valence-electron chi connectivity index (χ4n) is 8.97. The van der Waals surface area contributed by atoms with Gasteiger partial charge in [-0.25, -0.2) is 0 Å². The predicted octanol–water partition coefficient (Wildman–Crippen LogP) is 16.3. The Morgan fingerprint density at radius 1 is 0.305 bits per heavy atom. The maximum absolute atomic E-state index is 6.68. The SMILES string of the molecule is Cc1ccc(N(c2ccccc2)c2ccc3cc4c(cc3c2)oc2cc3oc5cc6cc(N(c7ccccc7)c7ccc(C)c(C)c7)ccc6cc5c3c(C)c24)cc1C. The number of furan rings is 2. The summed E-state index contributed by atoms with van der Waals surface area (Å²) in [6, 6.07) is 59.0. The minimum Gasteiger partial charge on any atom is -0.456 e. The average molecular weight is 763 g/mol. The van der Waals surface area contributed by atoms with Gasteiger partial charge in [0.05, 0.1) is 0 Å². The van der Waals surface area contributed by atoms with E-state index in [0.717, 1.165) is 94.3 Å². The Hall–Kier alpha value is -7.30. The second kappa shape index (κ2) is 13.4. The molecular formula is C55H42N2O2. The van der Waals surface area contributed by atoms with Gasteiger partial charge in [0, 0.05) is 61.7 Å². The van der Waals surface area contributed by atoms with Crippen LogP contribution in [0.3, 0.4) is 0 Å². The van der Waals surface area contributed by atoms with Crippen molar-refractivity contribution in [1.82, 2.24) is 0 Å². The highest BCUT2D eigenvalue weighted by molar-refractivity contribution is 6.21. The van der Waals surface area contributed by atoms with Crippen molar-refractivity contribution < 1.29 is 8.83 Å². The first-order valence-electron chi connectivity index (χ1n) is 20.3. The number of rotatable bonds is 6. The Kier molecular flexibility index (Phi) is 7.92. The van der Waals surface area contributed by atoms with E-state index >= 15 is 0 Å². The molecule has 9 aromatic carbocycles. The van der Waals surface area contributed by atoms with Crippen molar-refractivity contribution in [2.24, 2.45) is 0 Å². The largest absolute Gasteiger partial charge is 0.456 e. The summed E-state index contributed by atoms with van der Waals surface area (Å²) < 4.78 is 13.4. The lowest BCUT2D eigenvalue weighted by Crippen LogP contribution is -2.10. The number of hydrogen-bond acceptors (Lipinski definition) is 4. The van der Waals surface area contributed by atoms with E-state index in [1.807, 2.05) is 0 Å². The molecule has 0 saturated heterocycles. The van der Waals surface area contributed by atoms with Gasteiger partial charge in [0.2, 0.25) is 0 Å². The Morgan fingerprint density at radius 3 is 1.14 bits per heavy atom. The average Bonchev–Trinajstić information content (AvgIpc) is 3.79. The first kappa shape index (κ1) is 34.9. The summed E-state index contributed by atoms with van der Waals surface area (Å²) in [6.45, 7) is 10.9. The summed E-state index contributed by atoms with van der Waals surface area (Å²) in [5.74, 6) is 0. The highest BCUT2D eigenvalue weighted by Gasteiger charge is 2.21. The molecule has 0 aliphatic heterocycles. The molecule has 0 saturated carbocycles. The summed E-state index contributed by atoms with van der Waals surface area (Å²) in [5, 5.41) is 9.07. The molecule has 0 bridgehead atoms. The van der Waals surface area contributed by atoms with Crippen LogP contribution in [-0.4, -0.2) is 0 Å². The van der Waals surface area contributed by atoms with Gasteiger partial charge in [0.25, 0.3) is 0 Å². The summed E-state index contributed by atoms with van der Waals surface area (Å²) in [4.78, 5) is 4.65. The molecule has 0 aliphatic rings. The standard InChI is InChI=1S/C55H42N2O2/c1-33-16-20-44(24-35(33)3)56(42-12-8-6-9-13-42)46-22-18-38-28-48-50(30-40(38)26-46)58-52-32-53-55(37(5)54(48)52)49-29-39-19-23-47(27-41(39)31-51(49)59-53)57(43-14-10-7-11-15-43)45-21-17-34(2)36(4)25-45/h6-32H,1-5H3. The predicted molar refractivity (Wildman–Crippen MR) is 249 cm³/mol. The van der Waals surface area contributed by atoms with Crippen LogP contribution in [0.4, 0.5) is 34.1 Å². The van der Waals surface area contributed by atoms with Crippen LogP contribution in [0, 0.1) is 34.6 Å². The molecule has 4 heteroatoms. The van der Waals surface area contributed by atoms with Crippen LogP contribution in [0.2, 0.25) is 0 Å². The minimum absolute atomic E-state index is 0.833. The summed E-state index contributed by atoms with van der Waals surface area (Å²) in [5.41, 5.74) is 16.4. The number of fused-ring (bicyclic) bond motifs is 8. The van der Waals surface area contributed by atoms with E-state index in [0.29, 0.717) is 0 Å². The molecule has 2 aromatic heterocycles. The second-order valence-electron chi connectivity index (χ2n) is 16.1. The molecule has 0 fully saturated rings. The summed E-state index contributed by atoms with van der Waals surface area (Å²) >= 11 is 0. The zero-order valence-corrected chi connectivity index (χ0v) is 33.8. The molecule has 284 valence electrons. The Balaban J connectivity index is 1.02. The molecule has 4 nitrogen and oxygen atoms in total. The topological polar surface area (TPSA) is 32.8 Å². The Bertz CT molecular complexity index is 3220. The molecule has 2 heterocycles. The van der Waals surface area contributed by atoms with Crippen molar-refractivity contribution in [1.29, 1.82) is 0 Å². The van der Waals surface area contributed by atoms with Crippen LogP contribution in [-0.2, 0) is 0 Å². The lowest BCUT2D eigenvalue weighted by atomic mass is 9.98. The van der Waals surface area contributed by atoms with Gasteiger partial charge in [-0.05, 0) is 181 Å². The van der Waals surface area contributed by atoms with Gasteiger partial charge in [-0.3, -0.25) is 0 Å².